The van der Waals surface area contributed by atoms with Gasteiger partial charge in [0.25, 0.3) is 5.91 Å². The van der Waals surface area contributed by atoms with Crippen molar-refractivity contribution in [2.45, 2.75) is 63.3 Å². The first-order valence-corrected chi connectivity index (χ1v) is 11.3. The third-order valence-electron chi connectivity index (χ3n) is 6.50. The molecule has 1 saturated heterocycles. The Bertz CT molecular complexity index is 1010. The van der Waals surface area contributed by atoms with Crippen molar-refractivity contribution in [1.29, 1.82) is 0 Å². The molecule has 6 nitrogen and oxygen atoms in total. The van der Waals surface area contributed by atoms with Crippen molar-refractivity contribution >= 4 is 34.3 Å². The number of halogens is 2. The van der Waals surface area contributed by atoms with Gasteiger partial charge in [0.1, 0.15) is 5.67 Å². The largest absolute Gasteiger partial charge is 0.388 e. The van der Waals surface area contributed by atoms with E-state index in [9.17, 15) is 19.1 Å². The van der Waals surface area contributed by atoms with Gasteiger partial charge in [-0.05, 0) is 44.7 Å². The van der Waals surface area contributed by atoms with Gasteiger partial charge in [-0.2, -0.15) is 0 Å². The second-order valence-electron chi connectivity index (χ2n) is 9.21. The normalized spacial score (nSPS) is 26.6. The number of alkyl halides is 1. The molecule has 2 heterocycles. The molecule has 2 amide bonds. The van der Waals surface area contributed by atoms with Crippen LogP contribution in [0.15, 0.2) is 24.4 Å². The summed E-state index contributed by atoms with van der Waals surface area (Å²) in [6.07, 6.45) is 4.69. The van der Waals surface area contributed by atoms with E-state index in [1.54, 1.807) is 12.3 Å². The molecule has 1 aliphatic carbocycles. The highest BCUT2D eigenvalue weighted by atomic mass is 35.5. The average molecular weight is 450 g/mol. The molecule has 2 aliphatic rings. The number of aromatic nitrogens is 1. The van der Waals surface area contributed by atoms with E-state index in [2.05, 4.69) is 5.32 Å². The molecular formula is C23H29ClFN3O3. The molecule has 1 aromatic carbocycles. The molecule has 4 rings (SSSR count). The molecule has 1 aliphatic heterocycles. The summed E-state index contributed by atoms with van der Waals surface area (Å²) in [7, 11) is 0. The van der Waals surface area contributed by atoms with Crippen molar-refractivity contribution in [3.05, 3.63) is 35.0 Å². The van der Waals surface area contributed by atoms with E-state index in [0.29, 0.717) is 54.7 Å². The molecule has 1 aromatic heterocycles. The lowest BCUT2D eigenvalue weighted by atomic mass is 9.77. The molecule has 1 unspecified atom stereocenters. The Hall–Kier alpha value is -2.12. The summed E-state index contributed by atoms with van der Waals surface area (Å²) in [4.78, 5) is 26.8. The van der Waals surface area contributed by atoms with Gasteiger partial charge in [0.2, 0.25) is 5.91 Å². The van der Waals surface area contributed by atoms with E-state index in [4.69, 9.17) is 11.6 Å². The SMILES string of the molecule is CC1(F)CCC[C@](O)(CNC(=O)c2cn(CCN3CCCC3=O)c3cccc(Cl)c23)C1. The van der Waals surface area contributed by atoms with Crippen molar-refractivity contribution in [3.8, 4) is 0 Å². The number of carbonyl (C=O) groups is 2. The first kappa shape index (κ1) is 22.1. The summed E-state index contributed by atoms with van der Waals surface area (Å²) >= 11 is 6.43. The van der Waals surface area contributed by atoms with Gasteiger partial charge < -0.3 is 19.9 Å². The minimum Gasteiger partial charge on any atom is -0.388 e. The standard InChI is InChI=1S/C23H29ClFN3O3/c1-22(25)8-4-9-23(31,14-22)15-26-21(30)16-13-28(12-11-27-10-3-7-19(27)29)18-6-2-5-17(24)20(16)18/h2,5-6,13,31H,3-4,7-12,14-15H2,1H3,(H,26,30)/t22?,23-/m1/s1. The maximum atomic E-state index is 14.4. The minimum absolute atomic E-state index is 0.00661. The Morgan fingerprint density at radius 2 is 2.10 bits per heavy atom. The maximum Gasteiger partial charge on any atom is 0.253 e. The zero-order valence-corrected chi connectivity index (χ0v) is 18.6. The Morgan fingerprint density at radius 3 is 2.81 bits per heavy atom. The van der Waals surface area contributed by atoms with E-state index in [-0.39, 0.29) is 24.8 Å². The summed E-state index contributed by atoms with van der Waals surface area (Å²) < 4.78 is 16.3. The summed E-state index contributed by atoms with van der Waals surface area (Å²) in [5, 5.41) is 14.7. The number of hydrogen-bond donors (Lipinski definition) is 2. The van der Waals surface area contributed by atoms with Crippen LogP contribution in [0, 0.1) is 0 Å². The zero-order valence-electron chi connectivity index (χ0n) is 17.8. The number of nitrogens with one attached hydrogen (secondary N) is 1. The van der Waals surface area contributed by atoms with Gasteiger partial charge in [0, 0.05) is 50.6 Å². The van der Waals surface area contributed by atoms with Crippen molar-refractivity contribution < 1.29 is 19.1 Å². The van der Waals surface area contributed by atoms with Crippen LogP contribution >= 0.6 is 11.6 Å². The maximum absolute atomic E-state index is 14.4. The predicted molar refractivity (Wildman–Crippen MR) is 118 cm³/mol. The highest BCUT2D eigenvalue weighted by Crippen LogP contribution is 2.37. The number of benzene rings is 1. The average Bonchev–Trinajstić information content (AvgIpc) is 3.28. The Kier molecular flexibility index (Phi) is 6.01. The molecule has 1 saturated carbocycles. The molecule has 2 aromatic rings. The van der Waals surface area contributed by atoms with E-state index < -0.39 is 11.3 Å². The van der Waals surface area contributed by atoms with Crippen LogP contribution in [0.5, 0.6) is 0 Å². The lowest BCUT2D eigenvalue weighted by Crippen LogP contribution is -2.49. The molecule has 0 radical (unpaired) electrons. The second kappa shape index (κ2) is 8.43. The molecule has 8 heteroatoms. The second-order valence-corrected chi connectivity index (χ2v) is 9.61. The topological polar surface area (TPSA) is 74.6 Å². The van der Waals surface area contributed by atoms with Crippen LogP contribution in [0.4, 0.5) is 4.39 Å². The van der Waals surface area contributed by atoms with Gasteiger partial charge in [0.15, 0.2) is 0 Å². The van der Waals surface area contributed by atoms with Crippen LogP contribution in [0.2, 0.25) is 5.02 Å². The molecule has 2 atom stereocenters. The van der Waals surface area contributed by atoms with Gasteiger partial charge in [-0.1, -0.05) is 17.7 Å². The summed E-state index contributed by atoms with van der Waals surface area (Å²) in [6.45, 7) is 3.38. The number of likely N-dealkylation sites (tertiary alicyclic amines) is 1. The molecule has 0 bridgehead atoms. The quantitative estimate of drug-likeness (QED) is 0.706. The molecular weight excluding hydrogens is 421 g/mol. The molecule has 168 valence electrons. The minimum atomic E-state index is -1.43. The first-order chi connectivity index (χ1) is 14.7. The number of nitrogens with zero attached hydrogens (tertiary/aromatic N) is 2. The fourth-order valence-corrected chi connectivity index (χ4v) is 5.25. The lowest BCUT2D eigenvalue weighted by molar-refractivity contribution is -0.127. The fraction of sp³-hybridized carbons (Fsp3) is 0.565. The number of hydrogen-bond acceptors (Lipinski definition) is 3. The van der Waals surface area contributed by atoms with Crippen LogP contribution < -0.4 is 5.32 Å². The van der Waals surface area contributed by atoms with Gasteiger partial charge >= 0.3 is 0 Å². The van der Waals surface area contributed by atoms with Gasteiger partial charge in [-0.15, -0.1) is 0 Å². The number of fused-ring (bicyclic) bond motifs is 1. The van der Waals surface area contributed by atoms with E-state index >= 15 is 0 Å². The van der Waals surface area contributed by atoms with Crippen molar-refractivity contribution in [2.24, 2.45) is 0 Å². The number of carbonyl (C=O) groups excluding carboxylic acids is 2. The van der Waals surface area contributed by atoms with Crippen molar-refractivity contribution in [3.63, 3.8) is 0 Å². The highest BCUT2D eigenvalue weighted by molar-refractivity contribution is 6.36. The lowest BCUT2D eigenvalue weighted by Gasteiger charge is -2.38. The number of rotatable bonds is 6. The van der Waals surface area contributed by atoms with Gasteiger partial charge in [0.05, 0.1) is 21.7 Å². The summed E-state index contributed by atoms with van der Waals surface area (Å²) in [6, 6.07) is 5.46. The summed E-state index contributed by atoms with van der Waals surface area (Å²) in [5.74, 6) is -0.193. The Balaban J connectivity index is 1.52. The van der Waals surface area contributed by atoms with Crippen LogP contribution in [0.3, 0.4) is 0 Å². The molecule has 2 N–H and O–H groups in total. The van der Waals surface area contributed by atoms with Crippen LogP contribution in [0.1, 0.15) is 55.8 Å². The molecule has 2 fully saturated rings. The number of amides is 2. The first-order valence-electron chi connectivity index (χ1n) is 10.9. The van der Waals surface area contributed by atoms with Crippen LogP contribution in [-0.4, -0.2) is 57.3 Å². The van der Waals surface area contributed by atoms with Gasteiger partial charge in [-0.3, -0.25) is 9.59 Å². The monoisotopic (exact) mass is 449 g/mol. The third-order valence-corrected chi connectivity index (χ3v) is 6.81. The van der Waals surface area contributed by atoms with Crippen molar-refractivity contribution in [2.75, 3.05) is 19.6 Å². The Morgan fingerprint density at radius 1 is 1.29 bits per heavy atom. The molecule has 0 spiro atoms. The molecule has 31 heavy (non-hydrogen) atoms. The predicted octanol–water partition coefficient (Wildman–Crippen LogP) is 3.68. The van der Waals surface area contributed by atoms with Crippen LogP contribution in [0.25, 0.3) is 10.9 Å². The fourth-order valence-electron chi connectivity index (χ4n) is 4.97. The zero-order chi connectivity index (χ0) is 22.2. The number of aliphatic hydroxyl groups is 1. The third kappa shape index (κ3) is 4.72. The highest BCUT2D eigenvalue weighted by Gasteiger charge is 2.41. The Labute approximate surface area is 186 Å². The smallest absolute Gasteiger partial charge is 0.253 e. The van der Waals surface area contributed by atoms with Crippen molar-refractivity contribution in [1.82, 2.24) is 14.8 Å². The summed E-state index contributed by atoms with van der Waals surface area (Å²) in [5.41, 5.74) is -1.45. The van der Waals surface area contributed by atoms with E-state index in [0.717, 1.165) is 18.5 Å². The van der Waals surface area contributed by atoms with E-state index in [1.807, 2.05) is 21.6 Å². The van der Waals surface area contributed by atoms with Gasteiger partial charge in [-0.25, -0.2) is 4.39 Å². The van der Waals surface area contributed by atoms with E-state index in [1.165, 1.54) is 6.92 Å². The van der Waals surface area contributed by atoms with Crippen LogP contribution in [-0.2, 0) is 11.3 Å².